The molecular formula is C56H89NO13Si. The molecule has 0 aromatic rings. The van der Waals surface area contributed by atoms with Crippen molar-refractivity contribution in [3.05, 3.63) is 71.9 Å². The lowest BCUT2D eigenvalue weighted by Crippen LogP contribution is -2.64. The summed E-state index contributed by atoms with van der Waals surface area (Å²) in [5, 5.41) is 13.1. The number of fused-ring (bicyclic) bond motifs is 2. The van der Waals surface area contributed by atoms with Gasteiger partial charge in [0, 0.05) is 51.7 Å². The number of carbonyl (C=O) groups excluding carboxylic acids is 1. The maximum absolute atomic E-state index is 14.9. The quantitative estimate of drug-likeness (QED) is 0.115. The molecule has 3 N–H and O–H groups in total. The molecule has 7 rings (SSSR count). The molecule has 0 saturated carbocycles. The summed E-state index contributed by atoms with van der Waals surface area (Å²) in [5.74, 6) is -2.40. The van der Waals surface area contributed by atoms with E-state index in [9.17, 15) is 9.90 Å². The standard InChI is InChI=1S/C56H89NO13Si/c1-17-32(3)48-35(6)24-25-54(69-48)30-41-27-40(68-54)23-22-34(5)47(66-45-28-43(60-13)50(37(8)63-45)67-46-29-44(61-14)55(57,18-2)38(9)64-46)33(4)20-19-21-39-31-62-51-49(70-71(15,16)53(10,11)12)36(7)26-42(52(58)65-41)56(39,51)59/h18-22,24-26,32-33,35,37-38,40-51,59H,2,17,23,27-31,57H2,1,3-16H3/b20-19+,34-22+,39-21+/t32?,33-,35-,37-,38-,40+,41-,42-,43-,44-,45-,46-,47-,48+,49+,50-,51+,54+,55+,56+/m0/s1. The van der Waals surface area contributed by atoms with E-state index in [2.05, 4.69) is 93.3 Å². The van der Waals surface area contributed by atoms with Crippen LogP contribution in [0.1, 0.15) is 115 Å². The highest BCUT2D eigenvalue weighted by Crippen LogP contribution is 2.50. The molecule has 0 amide bonds. The number of hydrogen-bond acceptors (Lipinski definition) is 14. The number of aliphatic hydroxyl groups is 1. The van der Waals surface area contributed by atoms with Crippen LogP contribution < -0.4 is 5.73 Å². The van der Waals surface area contributed by atoms with Crippen molar-refractivity contribution in [1.29, 1.82) is 0 Å². The number of esters is 1. The predicted molar refractivity (Wildman–Crippen MR) is 274 cm³/mol. The average molecular weight is 1010 g/mol. The fourth-order valence-electron chi connectivity index (χ4n) is 11.6. The van der Waals surface area contributed by atoms with Crippen LogP contribution in [0.15, 0.2) is 71.9 Å². The lowest BCUT2D eigenvalue weighted by Gasteiger charge is -2.49. The molecule has 0 aromatic heterocycles. The molecule has 15 heteroatoms. The zero-order chi connectivity index (χ0) is 52.0. The zero-order valence-electron chi connectivity index (χ0n) is 45.5. The van der Waals surface area contributed by atoms with Crippen LogP contribution in [-0.4, -0.2) is 137 Å². The predicted octanol–water partition coefficient (Wildman–Crippen LogP) is 8.93. The van der Waals surface area contributed by atoms with Gasteiger partial charge in [0.2, 0.25) is 0 Å². The third-order valence-corrected chi connectivity index (χ3v) is 21.9. The van der Waals surface area contributed by atoms with Gasteiger partial charge in [-0.05, 0) is 81.0 Å². The van der Waals surface area contributed by atoms with Crippen molar-refractivity contribution in [3.63, 3.8) is 0 Å². The molecule has 2 bridgehead atoms. The number of nitrogens with two attached hydrogens (primary N) is 1. The van der Waals surface area contributed by atoms with Gasteiger partial charge >= 0.3 is 5.97 Å². The Kier molecular flexibility index (Phi) is 17.5. The van der Waals surface area contributed by atoms with E-state index in [4.69, 9.17) is 57.5 Å². The molecular weight excluding hydrogens is 923 g/mol. The van der Waals surface area contributed by atoms with Gasteiger partial charge in [-0.25, -0.2) is 0 Å². The largest absolute Gasteiger partial charge is 0.462 e. The molecule has 0 aromatic carbocycles. The molecule has 1 aliphatic carbocycles. The summed E-state index contributed by atoms with van der Waals surface area (Å²) in [6.45, 7) is 31.6. The summed E-state index contributed by atoms with van der Waals surface area (Å²) >= 11 is 0. The first-order valence-electron chi connectivity index (χ1n) is 26.4. The van der Waals surface area contributed by atoms with E-state index in [1.807, 2.05) is 45.1 Å². The third-order valence-electron chi connectivity index (χ3n) is 17.4. The first-order valence-corrected chi connectivity index (χ1v) is 29.3. The van der Waals surface area contributed by atoms with Gasteiger partial charge in [-0.1, -0.05) is 97.4 Å². The molecule has 400 valence electrons. The minimum Gasteiger partial charge on any atom is -0.462 e. The maximum atomic E-state index is 14.9. The van der Waals surface area contributed by atoms with Crippen molar-refractivity contribution < 1.29 is 61.7 Å². The fraction of sp³-hybridized carbons (Fsp3) is 0.768. The van der Waals surface area contributed by atoms with Crippen molar-refractivity contribution in [1.82, 2.24) is 0 Å². The summed E-state index contributed by atoms with van der Waals surface area (Å²) in [4.78, 5) is 14.9. The third kappa shape index (κ3) is 11.4. The monoisotopic (exact) mass is 1010 g/mol. The molecule has 1 spiro atoms. The molecule has 6 heterocycles. The van der Waals surface area contributed by atoms with Gasteiger partial charge < -0.3 is 62.6 Å². The van der Waals surface area contributed by atoms with Crippen molar-refractivity contribution in [2.45, 2.75) is 229 Å². The van der Waals surface area contributed by atoms with Crippen LogP contribution in [0.25, 0.3) is 0 Å². The maximum Gasteiger partial charge on any atom is 0.316 e. The molecule has 1 unspecified atom stereocenters. The summed E-state index contributed by atoms with van der Waals surface area (Å²) in [6, 6.07) is 0. The first kappa shape index (κ1) is 56.4. The van der Waals surface area contributed by atoms with Crippen molar-refractivity contribution in [2.75, 3.05) is 20.8 Å². The van der Waals surface area contributed by atoms with Gasteiger partial charge in [-0.15, -0.1) is 6.58 Å². The highest BCUT2D eigenvalue weighted by Gasteiger charge is 2.62. The number of methoxy groups -OCH3 is 2. The molecule has 7 aliphatic rings. The van der Waals surface area contributed by atoms with Crippen molar-refractivity contribution in [2.24, 2.45) is 29.4 Å². The molecule has 4 saturated heterocycles. The lowest BCUT2D eigenvalue weighted by atomic mass is 9.71. The smallest absolute Gasteiger partial charge is 0.316 e. The Morgan fingerprint density at radius 3 is 2.34 bits per heavy atom. The van der Waals surface area contributed by atoms with Crippen LogP contribution in [0.4, 0.5) is 0 Å². The Bertz CT molecular complexity index is 2050. The molecule has 20 atom stereocenters. The van der Waals surface area contributed by atoms with E-state index in [0.717, 1.165) is 17.6 Å². The summed E-state index contributed by atoms with van der Waals surface area (Å²) in [6.07, 6.45) is 12.7. The highest BCUT2D eigenvalue weighted by atomic mass is 28.4. The van der Waals surface area contributed by atoms with E-state index in [-0.39, 0.29) is 53.8 Å². The van der Waals surface area contributed by atoms with Crippen LogP contribution in [-0.2, 0) is 56.6 Å². The van der Waals surface area contributed by atoms with Crippen LogP contribution in [0, 0.1) is 23.7 Å². The van der Waals surface area contributed by atoms with Gasteiger partial charge in [-0.3, -0.25) is 4.79 Å². The highest BCUT2D eigenvalue weighted by molar-refractivity contribution is 6.74. The lowest BCUT2D eigenvalue weighted by molar-refractivity contribution is -0.314. The van der Waals surface area contributed by atoms with E-state index in [0.29, 0.717) is 37.7 Å². The zero-order valence-corrected chi connectivity index (χ0v) is 46.5. The van der Waals surface area contributed by atoms with E-state index < -0.39 is 92.4 Å². The van der Waals surface area contributed by atoms with E-state index in [1.54, 1.807) is 20.3 Å². The van der Waals surface area contributed by atoms with Crippen LogP contribution >= 0.6 is 0 Å². The second kappa shape index (κ2) is 22.1. The average Bonchev–Trinajstić information content (AvgIpc) is 3.65. The fourth-order valence-corrected chi connectivity index (χ4v) is 12.9. The number of carbonyl (C=O) groups is 1. The first-order chi connectivity index (χ1) is 33.3. The Balaban J connectivity index is 1.21. The van der Waals surface area contributed by atoms with Crippen LogP contribution in [0.3, 0.4) is 0 Å². The summed E-state index contributed by atoms with van der Waals surface area (Å²) < 4.78 is 72.7. The van der Waals surface area contributed by atoms with Crippen LogP contribution in [0.5, 0.6) is 0 Å². The molecule has 14 nitrogen and oxygen atoms in total. The Morgan fingerprint density at radius 1 is 0.958 bits per heavy atom. The molecule has 0 radical (unpaired) electrons. The molecule has 6 aliphatic heterocycles. The Labute approximate surface area is 426 Å². The van der Waals surface area contributed by atoms with Gasteiger partial charge in [0.1, 0.15) is 29.8 Å². The van der Waals surface area contributed by atoms with Crippen molar-refractivity contribution >= 4 is 14.3 Å². The second-order valence-electron chi connectivity index (χ2n) is 23.4. The summed E-state index contributed by atoms with van der Waals surface area (Å²) in [7, 11) is 0.939. The number of hydrogen-bond donors (Lipinski definition) is 2. The van der Waals surface area contributed by atoms with Gasteiger partial charge in [-0.2, -0.15) is 0 Å². The minimum atomic E-state index is -2.38. The Hall–Kier alpha value is -2.35. The molecule has 4 fully saturated rings. The second-order valence-corrected chi connectivity index (χ2v) is 28.2. The minimum absolute atomic E-state index is 0.0882. The SMILES string of the molecule is C=C[C@@]1(N)[C@H](C)O[C@@H](O[C@H]2[C@H](C)O[C@@H](O[C@@H]3/C(C)=C/C[C@@H]4C[C@@H](C[C@]5(C=C[C@H](C)[C@@H](C(C)CC)O5)O4)OC(=O)[C@@H]4C=C(C)[C@@H](O[Si](C)(C)C(C)(C)C)[C@H]5OC/C(=C\C=C\[C@@H]3C)[C@]54O)C[C@@H]2OC)C[C@@H]1OC. The van der Waals surface area contributed by atoms with Gasteiger partial charge in [0.15, 0.2) is 26.7 Å². The van der Waals surface area contributed by atoms with Gasteiger partial charge in [0.05, 0.1) is 61.0 Å². The van der Waals surface area contributed by atoms with E-state index in [1.165, 1.54) is 0 Å². The van der Waals surface area contributed by atoms with Gasteiger partial charge in [0.25, 0.3) is 0 Å². The Morgan fingerprint density at radius 2 is 1.68 bits per heavy atom. The van der Waals surface area contributed by atoms with E-state index >= 15 is 0 Å². The number of ether oxygens (including phenoxy) is 10. The number of rotatable bonds is 11. The van der Waals surface area contributed by atoms with Crippen molar-refractivity contribution in [3.8, 4) is 0 Å². The van der Waals surface area contributed by atoms with Crippen LogP contribution in [0.2, 0.25) is 18.1 Å². The molecule has 71 heavy (non-hydrogen) atoms. The normalized spacial score (nSPS) is 45.9. The summed E-state index contributed by atoms with van der Waals surface area (Å²) in [5.41, 5.74) is 6.46. The number of allylic oxidation sites excluding steroid dienone is 2. The topological polar surface area (TPSA) is 165 Å².